The van der Waals surface area contributed by atoms with E-state index in [1.807, 2.05) is 6.08 Å². The van der Waals surface area contributed by atoms with Gasteiger partial charge in [-0.1, -0.05) is 167 Å². The lowest BCUT2D eigenvalue weighted by Gasteiger charge is -2.40. The number of ether oxygens (including phenoxy) is 2. The zero-order valence-electron chi connectivity index (χ0n) is 31.5. The second-order valence-electron chi connectivity index (χ2n) is 14.4. The molecular weight excluding hydrogens is 622 g/mol. The maximum Gasteiger partial charge on any atom is 0.220 e. The molecule has 7 atom stereocenters. The van der Waals surface area contributed by atoms with Gasteiger partial charge in [0.1, 0.15) is 24.4 Å². The van der Waals surface area contributed by atoms with Crippen molar-refractivity contribution in [3.8, 4) is 0 Å². The maximum atomic E-state index is 12.9. The fourth-order valence-electron chi connectivity index (χ4n) is 6.51. The van der Waals surface area contributed by atoms with Crippen molar-refractivity contribution < 1.29 is 39.8 Å². The monoisotopic (exact) mass is 700 g/mol. The van der Waals surface area contributed by atoms with Crippen molar-refractivity contribution >= 4 is 5.91 Å². The molecule has 1 aliphatic rings. The van der Waals surface area contributed by atoms with Crippen molar-refractivity contribution in [1.82, 2.24) is 5.32 Å². The average molecular weight is 700 g/mol. The van der Waals surface area contributed by atoms with Crippen molar-refractivity contribution in [3.05, 3.63) is 12.2 Å². The summed E-state index contributed by atoms with van der Waals surface area (Å²) in [5.74, 6) is -0.177. The minimum atomic E-state index is -1.56. The average Bonchev–Trinajstić information content (AvgIpc) is 3.10. The van der Waals surface area contributed by atoms with E-state index >= 15 is 0 Å². The Hall–Kier alpha value is -1.07. The topological polar surface area (TPSA) is 149 Å². The number of allylic oxidation sites excluding steroid dienone is 1. The Morgan fingerprint density at radius 1 is 0.673 bits per heavy atom. The summed E-state index contributed by atoms with van der Waals surface area (Å²) in [6, 6.07) is -0.796. The molecule has 0 aromatic rings. The van der Waals surface area contributed by atoms with Gasteiger partial charge in [0, 0.05) is 6.42 Å². The van der Waals surface area contributed by atoms with Gasteiger partial charge in [0.15, 0.2) is 6.29 Å². The number of carbonyl (C=O) groups excluding carboxylic acids is 1. The van der Waals surface area contributed by atoms with Crippen LogP contribution in [0.5, 0.6) is 0 Å². The molecule has 0 bridgehead atoms. The normalized spacial score (nSPS) is 22.5. The summed E-state index contributed by atoms with van der Waals surface area (Å²) in [4.78, 5) is 12.9. The van der Waals surface area contributed by atoms with Crippen LogP contribution >= 0.6 is 0 Å². The first-order chi connectivity index (χ1) is 23.8. The van der Waals surface area contributed by atoms with Gasteiger partial charge in [-0.2, -0.15) is 0 Å². The molecular formula is C40H77NO8. The fourth-order valence-corrected chi connectivity index (χ4v) is 6.51. The van der Waals surface area contributed by atoms with E-state index in [9.17, 15) is 30.3 Å². The minimum Gasteiger partial charge on any atom is -0.394 e. The number of nitrogens with one attached hydrogen (secondary N) is 1. The van der Waals surface area contributed by atoms with Crippen LogP contribution in [0.2, 0.25) is 0 Å². The lowest BCUT2D eigenvalue weighted by molar-refractivity contribution is -0.302. The van der Waals surface area contributed by atoms with Crippen LogP contribution in [0.25, 0.3) is 0 Å². The van der Waals surface area contributed by atoms with E-state index < -0.39 is 49.5 Å². The Labute approximate surface area is 299 Å². The number of hydrogen-bond donors (Lipinski definition) is 6. The van der Waals surface area contributed by atoms with E-state index in [1.54, 1.807) is 6.08 Å². The summed E-state index contributed by atoms with van der Waals surface area (Å²) in [5, 5.41) is 53.9. The van der Waals surface area contributed by atoms with Gasteiger partial charge < -0.3 is 40.3 Å². The fraction of sp³-hybridized carbons (Fsp3) is 0.925. The third-order valence-electron chi connectivity index (χ3n) is 9.86. The highest BCUT2D eigenvalue weighted by atomic mass is 16.7. The van der Waals surface area contributed by atoms with Crippen molar-refractivity contribution in [2.75, 3.05) is 13.2 Å². The van der Waals surface area contributed by atoms with Crippen LogP contribution in [0.3, 0.4) is 0 Å². The third kappa shape index (κ3) is 23.2. The lowest BCUT2D eigenvalue weighted by Crippen LogP contribution is -2.60. The Bertz CT molecular complexity index is 781. The highest BCUT2D eigenvalue weighted by Gasteiger charge is 2.44. The minimum absolute atomic E-state index is 0.177. The molecule has 1 fully saturated rings. The van der Waals surface area contributed by atoms with Gasteiger partial charge in [0.25, 0.3) is 0 Å². The van der Waals surface area contributed by atoms with Gasteiger partial charge >= 0.3 is 0 Å². The van der Waals surface area contributed by atoms with E-state index in [2.05, 4.69) is 19.2 Å². The van der Waals surface area contributed by atoms with E-state index in [-0.39, 0.29) is 12.5 Å². The van der Waals surface area contributed by atoms with Crippen LogP contribution in [-0.2, 0) is 14.3 Å². The van der Waals surface area contributed by atoms with Crippen molar-refractivity contribution in [3.63, 3.8) is 0 Å². The number of rotatable bonds is 33. The largest absolute Gasteiger partial charge is 0.394 e. The molecule has 1 amide bonds. The van der Waals surface area contributed by atoms with Crippen molar-refractivity contribution in [1.29, 1.82) is 0 Å². The van der Waals surface area contributed by atoms with Crippen molar-refractivity contribution in [2.45, 2.75) is 224 Å². The molecule has 49 heavy (non-hydrogen) atoms. The molecule has 1 rings (SSSR count). The SMILES string of the molecule is CCCCCCCCCCC/C=C/[C@@H](O)[C@H](CO[C@@H]1OC(CO)[C@@H](O)C(O)C1O)NC(=O)CCCCCCCCCCCCCCCCC. The van der Waals surface area contributed by atoms with Gasteiger partial charge in [-0.25, -0.2) is 0 Å². The molecule has 0 saturated carbocycles. The van der Waals surface area contributed by atoms with Gasteiger partial charge in [-0.3, -0.25) is 4.79 Å². The third-order valence-corrected chi connectivity index (χ3v) is 9.86. The molecule has 0 aromatic heterocycles. The Morgan fingerprint density at radius 2 is 1.12 bits per heavy atom. The molecule has 3 unspecified atom stereocenters. The van der Waals surface area contributed by atoms with Crippen LogP contribution < -0.4 is 5.32 Å². The molecule has 0 aromatic carbocycles. The summed E-state index contributed by atoms with van der Waals surface area (Å²) < 4.78 is 11.2. The number of aliphatic hydroxyl groups excluding tert-OH is 5. The molecule has 1 heterocycles. The highest BCUT2D eigenvalue weighted by Crippen LogP contribution is 2.22. The number of carbonyl (C=O) groups is 1. The Kier molecular flexibility index (Phi) is 29.7. The van der Waals surface area contributed by atoms with Crippen molar-refractivity contribution in [2.24, 2.45) is 0 Å². The second-order valence-corrected chi connectivity index (χ2v) is 14.4. The molecule has 9 heteroatoms. The maximum absolute atomic E-state index is 12.9. The quantitative estimate of drug-likeness (QED) is 0.0307. The lowest BCUT2D eigenvalue weighted by atomic mass is 9.99. The van der Waals surface area contributed by atoms with Crippen LogP contribution in [0.15, 0.2) is 12.2 Å². The molecule has 0 spiro atoms. The van der Waals surface area contributed by atoms with E-state index in [0.717, 1.165) is 38.5 Å². The highest BCUT2D eigenvalue weighted by molar-refractivity contribution is 5.76. The number of hydrogen-bond acceptors (Lipinski definition) is 8. The van der Waals surface area contributed by atoms with E-state index in [0.29, 0.717) is 6.42 Å². The molecule has 290 valence electrons. The molecule has 0 radical (unpaired) electrons. The van der Waals surface area contributed by atoms with E-state index in [1.165, 1.54) is 122 Å². The molecule has 9 nitrogen and oxygen atoms in total. The zero-order valence-corrected chi connectivity index (χ0v) is 31.5. The van der Waals surface area contributed by atoms with Crippen LogP contribution in [0.4, 0.5) is 0 Å². The number of amides is 1. The van der Waals surface area contributed by atoms with Gasteiger partial charge in [0.2, 0.25) is 5.91 Å². The van der Waals surface area contributed by atoms with Crippen LogP contribution in [0.1, 0.15) is 181 Å². The summed E-state index contributed by atoms with van der Waals surface area (Å²) >= 11 is 0. The van der Waals surface area contributed by atoms with Gasteiger partial charge in [-0.15, -0.1) is 0 Å². The summed E-state index contributed by atoms with van der Waals surface area (Å²) in [7, 11) is 0. The number of unbranched alkanes of at least 4 members (excludes halogenated alkanes) is 23. The molecule has 1 aliphatic heterocycles. The van der Waals surface area contributed by atoms with Crippen LogP contribution in [0, 0.1) is 0 Å². The standard InChI is InChI=1S/C40H77NO8/c1-3-5-7-9-11-13-15-16-17-18-20-22-24-26-28-30-36(44)41-33(32-48-40-39(47)38(46)37(45)35(31-42)49-40)34(43)29-27-25-23-21-19-14-12-10-8-6-4-2/h27,29,33-35,37-40,42-43,45-47H,3-26,28,30-32H2,1-2H3,(H,41,44)/b29-27+/t33-,34+,35?,37+,38?,39?,40+/m0/s1. The second kappa shape index (κ2) is 31.6. The number of aliphatic hydroxyl groups is 5. The predicted molar refractivity (Wildman–Crippen MR) is 198 cm³/mol. The first-order valence-corrected chi connectivity index (χ1v) is 20.4. The smallest absolute Gasteiger partial charge is 0.220 e. The summed E-state index contributed by atoms with van der Waals surface area (Å²) in [6.45, 7) is 3.75. The zero-order chi connectivity index (χ0) is 36.0. The van der Waals surface area contributed by atoms with Gasteiger partial charge in [-0.05, 0) is 19.3 Å². The first-order valence-electron chi connectivity index (χ1n) is 20.4. The molecule has 0 aliphatic carbocycles. The van der Waals surface area contributed by atoms with E-state index in [4.69, 9.17) is 9.47 Å². The van der Waals surface area contributed by atoms with Crippen LogP contribution in [-0.4, -0.2) is 87.5 Å². The Balaban J connectivity index is 2.40. The summed E-state index contributed by atoms with van der Waals surface area (Å²) in [5.41, 5.74) is 0. The molecule has 6 N–H and O–H groups in total. The predicted octanol–water partition coefficient (Wildman–Crippen LogP) is 7.39. The molecule has 1 saturated heterocycles. The Morgan fingerprint density at radius 3 is 1.59 bits per heavy atom. The van der Waals surface area contributed by atoms with Gasteiger partial charge in [0.05, 0.1) is 25.4 Å². The summed E-state index contributed by atoms with van der Waals surface area (Å²) in [6.07, 6.45) is 26.8. The first kappa shape index (κ1) is 46.0.